The van der Waals surface area contributed by atoms with Gasteiger partial charge in [0.25, 0.3) is 5.91 Å². The molecule has 1 saturated heterocycles. The number of hydrogen-bond donors (Lipinski definition) is 4. The molecule has 0 bridgehead atoms. The first-order valence-corrected chi connectivity index (χ1v) is 20.9. The van der Waals surface area contributed by atoms with Gasteiger partial charge in [-0.2, -0.15) is 0 Å². The molecule has 5 amide bonds. The van der Waals surface area contributed by atoms with E-state index < -0.39 is 61.8 Å². The second kappa shape index (κ2) is 13.7. The number of carbonyl (C=O) groups excluding carboxylic acids is 5. The van der Waals surface area contributed by atoms with E-state index in [0.29, 0.717) is 56.4 Å². The molecule has 288 valence electrons. The lowest BCUT2D eigenvalue weighted by Crippen LogP contribution is -2.64. The van der Waals surface area contributed by atoms with Gasteiger partial charge < -0.3 is 26.2 Å². The molecule has 8 atom stereocenters. The number of carbonyl (C=O) groups is 5. The molecule has 0 radical (unpaired) electrons. The van der Waals surface area contributed by atoms with Crippen molar-refractivity contribution in [2.24, 2.45) is 34.0 Å². The van der Waals surface area contributed by atoms with Gasteiger partial charge in [0.15, 0.2) is 0 Å². The number of hydrogen-bond acceptors (Lipinski definition) is 6. The number of amides is 5. The fourth-order valence-corrected chi connectivity index (χ4v) is 11.6. The zero-order valence-corrected chi connectivity index (χ0v) is 33.7. The third-order valence-electron chi connectivity index (χ3n) is 13.1. The standard InChI is InChI=1S/C39H65N5O6S/c1-11-13-17-25(27(45)30(46)40-20-12-2)41-32(48)39-22-38(39)24(26-28(38)36(26,9)10)21-44(39)31(47)29(34(3,4)5)42-33(49)43-37(18-15-14-16-19-37)23-51(50)35(6,7)8/h24-26,28-29H,11-23H2,1-10H3,(H,40,46)(H,41,48)(H2,42,43,49)/t24?,25?,26?,28?,29-,38-,39?,51?/m1/s1. The lowest BCUT2D eigenvalue weighted by atomic mass is 9.70. The van der Waals surface area contributed by atoms with Crippen LogP contribution >= 0.6 is 0 Å². The molecular formula is C39H65N5O6S. The second-order valence-corrected chi connectivity index (χ2v) is 21.3. The predicted molar refractivity (Wildman–Crippen MR) is 199 cm³/mol. The summed E-state index contributed by atoms with van der Waals surface area (Å²) in [5, 5.41) is 11.9. The summed E-state index contributed by atoms with van der Waals surface area (Å²) < 4.78 is 12.9. The van der Waals surface area contributed by atoms with Crippen LogP contribution in [0, 0.1) is 34.0 Å². The van der Waals surface area contributed by atoms with Crippen molar-refractivity contribution in [1.29, 1.82) is 0 Å². The first-order valence-electron chi connectivity index (χ1n) is 19.6. The molecule has 5 aliphatic rings. The van der Waals surface area contributed by atoms with Gasteiger partial charge in [-0.15, -0.1) is 0 Å². The fourth-order valence-electron chi connectivity index (χ4n) is 10.3. The third kappa shape index (κ3) is 6.77. The molecule has 0 aromatic heterocycles. The summed E-state index contributed by atoms with van der Waals surface area (Å²) in [7, 11) is -1.18. The van der Waals surface area contributed by atoms with Crippen molar-refractivity contribution >= 4 is 40.3 Å². The smallest absolute Gasteiger partial charge is 0.315 e. The highest BCUT2D eigenvalue weighted by Gasteiger charge is 2.99. The number of nitrogens with one attached hydrogen (secondary N) is 4. The van der Waals surface area contributed by atoms with E-state index in [1.807, 2.05) is 55.4 Å². The average Bonchev–Trinajstić information content (AvgIpc) is 3.86. The number of likely N-dealkylation sites (tertiary alicyclic amines) is 1. The Morgan fingerprint density at radius 1 is 0.922 bits per heavy atom. The van der Waals surface area contributed by atoms with Gasteiger partial charge in [0.1, 0.15) is 11.6 Å². The van der Waals surface area contributed by atoms with Gasteiger partial charge in [0.2, 0.25) is 17.6 Å². The highest BCUT2D eigenvalue weighted by molar-refractivity contribution is 7.86. The van der Waals surface area contributed by atoms with E-state index in [-0.39, 0.29) is 28.6 Å². The van der Waals surface area contributed by atoms with Crippen LogP contribution in [0.15, 0.2) is 0 Å². The van der Waals surface area contributed by atoms with Crippen LogP contribution in [0.25, 0.3) is 0 Å². The van der Waals surface area contributed by atoms with Crippen LogP contribution in [0.2, 0.25) is 0 Å². The van der Waals surface area contributed by atoms with Gasteiger partial charge in [-0.05, 0) is 81.5 Å². The molecule has 1 aliphatic heterocycles. The first kappa shape index (κ1) is 39.7. The van der Waals surface area contributed by atoms with Crippen LogP contribution in [-0.4, -0.2) is 85.4 Å². The minimum absolute atomic E-state index is 0.0717. The zero-order valence-electron chi connectivity index (χ0n) is 32.9. The van der Waals surface area contributed by atoms with Crippen molar-refractivity contribution in [3.8, 4) is 0 Å². The quantitative estimate of drug-likeness (QED) is 0.192. The molecule has 1 spiro atoms. The van der Waals surface area contributed by atoms with Gasteiger partial charge >= 0.3 is 6.03 Å². The van der Waals surface area contributed by atoms with Crippen LogP contribution < -0.4 is 21.3 Å². The van der Waals surface area contributed by atoms with Gasteiger partial charge in [-0.25, -0.2) is 4.79 Å². The number of fused-ring (bicyclic) bond motifs is 2. The Kier molecular flexibility index (Phi) is 10.7. The van der Waals surface area contributed by atoms with E-state index in [2.05, 4.69) is 35.1 Å². The molecular weight excluding hydrogens is 667 g/mol. The van der Waals surface area contributed by atoms with Gasteiger partial charge in [-0.1, -0.05) is 80.6 Å². The van der Waals surface area contributed by atoms with Crippen molar-refractivity contribution in [1.82, 2.24) is 26.2 Å². The minimum atomic E-state index is -1.18. The molecule has 0 aromatic rings. The third-order valence-corrected chi connectivity index (χ3v) is 15.3. The number of urea groups is 1. The summed E-state index contributed by atoms with van der Waals surface area (Å²) in [5.74, 6) is -0.781. The Morgan fingerprint density at radius 2 is 1.57 bits per heavy atom. The summed E-state index contributed by atoms with van der Waals surface area (Å²) in [6, 6.07) is -2.38. The van der Waals surface area contributed by atoms with E-state index in [9.17, 15) is 28.2 Å². The molecule has 11 nitrogen and oxygen atoms in total. The second-order valence-electron chi connectivity index (χ2n) is 19.1. The average molecular weight is 732 g/mol. The van der Waals surface area contributed by atoms with Crippen LogP contribution in [0.4, 0.5) is 4.79 Å². The summed E-state index contributed by atoms with van der Waals surface area (Å²) in [5.41, 5.74) is -2.75. The molecule has 4 N–H and O–H groups in total. The summed E-state index contributed by atoms with van der Waals surface area (Å²) >= 11 is 0. The van der Waals surface area contributed by atoms with Gasteiger partial charge in [-0.3, -0.25) is 23.4 Å². The van der Waals surface area contributed by atoms with E-state index >= 15 is 0 Å². The highest BCUT2D eigenvalue weighted by atomic mass is 32.2. The summed E-state index contributed by atoms with van der Waals surface area (Å²) in [6.07, 6.45) is 7.38. The van der Waals surface area contributed by atoms with Crippen molar-refractivity contribution in [3.05, 3.63) is 0 Å². The zero-order chi connectivity index (χ0) is 37.9. The number of unbranched alkanes of at least 4 members (excludes halogenated alkanes) is 1. The van der Waals surface area contributed by atoms with Crippen molar-refractivity contribution in [2.45, 2.75) is 161 Å². The minimum Gasteiger partial charge on any atom is -0.349 e. The number of rotatable bonds is 14. The van der Waals surface area contributed by atoms with E-state index in [1.165, 1.54) is 0 Å². The van der Waals surface area contributed by atoms with Gasteiger partial charge in [0, 0.05) is 39.8 Å². The van der Waals surface area contributed by atoms with Crippen molar-refractivity contribution < 1.29 is 28.2 Å². The van der Waals surface area contributed by atoms with Crippen molar-refractivity contribution in [2.75, 3.05) is 18.8 Å². The maximum Gasteiger partial charge on any atom is 0.315 e. The van der Waals surface area contributed by atoms with Crippen LogP contribution in [0.1, 0.15) is 133 Å². The predicted octanol–water partition coefficient (Wildman–Crippen LogP) is 4.59. The number of piperidine rings is 1. The molecule has 6 unspecified atom stereocenters. The molecule has 0 aromatic carbocycles. The summed E-state index contributed by atoms with van der Waals surface area (Å²) in [6.45, 7) is 20.8. The monoisotopic (exact) mass is 731 g/mol. The normalized spacial score (nSPS) is 31.3. The molecule has 12 heteroatoms. The van der Waals surface area contributed by atoms with Crippen LogP contribution in [0.5, 0.6) is 0 Å². The largest absolute Gasteiger partial charge is 0.349 e. The Labute approximate surface area is 308 Å². The number of nitrogens with zero attached hydrogens (tertiary/aromatic N) is 1. The van der Waals surface area contributed by atoms with Gasteiger partial charge in [0.05, 0.1) is 11.6 Å². The summed E-state index contributed by atoms with van der Waals surface area (Å²) in [4.78, 5) is 71.4. The number of Topliss-reactive ketones (excluding diaryl/α,β-unsaturated/α-hetero) is 1. The molecule has 4 aliphatic carbocycles. The fraction of sp³-hybridized carbons (Fsp3) is 0.872. The van der Waals surface area contributed by atoms with Crippen molar-refractivity contribution in [3.63, 3.8) is 0 Å². The van der Waals surface area contributed by atoms with E-state index in [4.69, 9.17) is 0 Å². The molecule has 51 heavy (non-hydrogen) atoms. The maximum atomic E-state index is 14.9. The lowest BCUT2D eigenvalue weighted by Gasteiger charge is -2.41. The Bertz CT molecular complexity index is 1440. The van der Waals surface area contributed by atoms with E-state index in [0.717, 1.165) is 38.5 Å². The Hall–Kier alpha value is -2.50. The molecule has 5 rings (SSSR count). The van der Waals surface area contributed by atoms with Crippen LogP contribution in [-0.2, 0) is 30.0 Å². The number of ketones is 1. The molecule has 5 fully saturated rings. The topological polar surface area (TPSA) is 154 Å². The lowest BCUT2D eigenvalue weighted by molar-refractivity contribution is -0.146. The molecule has 1 heterocycles. The maximum absolute atomic E-state index is 14.9. The highest BCUT2D eigenvalue weighted by Crippen LogP contribution is 2.94. The first-order chi connectivity index (χ1) is 23.6. The Morgan fingerprint density at radius 3 is 2.14 bits per heavy atom. The van der Waals surface area contributed by atoms with E-state index in [1.54, 1.807) is 4.90 Å². The Balaban J connectivity index is 1.40. The van der Waals surface area contributed by atoms with Crippen LogP contribution in [0.3, 0.4) is 0 Å². The molecule has 4 saturated carbocycles. The SMILES string of the molecule is CCCCC(NC(=O)C12C[C@]13C(CN2C(=O)[C@@H](NC(=O)NC1(CS(=O)C(C)(C)C)CCCCC1)C(C)(C)C)C1C3C1(C)C)C(=O)C(=O)NCCC.